The summed E-state index contributed by atoms with van der Waals surface area (Å²) in [5.74, 6) is -0.174. The molecule has 0 aliphatic rings. The summed E-state index contributed by atoms with van der Waals surface area (Å²) in [6, 6.07) is 0. The second kappa shape index (κ2) is 5.78. The van der Waals surface area contributed by atoms with Crippen LogP contribution in [0.15, 0.2) is 12.2 Å². The Bertz CT molecular complexity index is 187. The molecule has 0 radical (unpaired) electrons. The molecule has 0 saturated heterocycles. The molecule has 0 saturated carbocycles. The molecule has 0 spiro atoms. The fourth-order valence-corrected chi connectivity index (χ4v) is 11.0. The van der Waals surface area contributed by atoms with Gasteiger partial charge in [0, 0.05) is 0 Å². The summed E-state index contributed by atoms with van der Waals surface area (Å²) >= 11 is -2.64. The Kier molecular flexibility index (Phi) is 5.84. The number of rotatable bonds is 5. The van der Waals surface area contributed by atoms with E-state index in [9.17, 15) is 4.79 Å². The molecule has 0 aromatic rings. The van der Waals surface area contributed by atoms with Crippen LogP contribution in [-0.2, 0) is 7.48 Å². The first-order valence-corrected chi connectivity index (χ1v) is 14.7. The fraction of sp³-hybridized carbons (Fsp3) is 0.700. The Balaban J connectivity index is 4.42. The molecule has 76 valence electrons. The van der Waals surface area contributed by atoms with Crippen LogP contribution >= 0.6 is 0 Å². The van der Waals surface area contributed by atoms with Gasteiger partial charge in [0.2, 0.25) is 0 Å². The minimum absolute atomic E-state index is 0.174. The van der Waals surface area contributed by atoms with E-state index in [-0.39, 0.29) is 5.97 Å². The zero-order chi connectivity index (χ0) is 10.5. The molecule has 0 N–H and O–H groups in total. The fourth-order valence-electron chi connectivity index (χ4n) is 1.25. The molecule has 0 unspecified atom stereocenters. The first-order chi connectivity index (χ1) is 6.01. The predicted molar refractivity (Wildman–Crippen MR) is 58.1 cm³/mol. The van der Waals surface area contributed by atoms with Gasteiger partial charge in [0.05, 0.1) is 0 Å². The van der Waals surface area contributed by atoms with E-state index in [0.717, 1.165) is 11.9 Å². The maximum atomic E-state index is 11.4. The van der Waals surface area contributed by atoms with Crippen LogP contribution in [0, 0.1) is 0 Å². The predicted octanol–water partition coefficient (Wildman–Crippen LogP) is 3.11. The van der Waals surface area contributed by atoms with Crippen LogP contribution < -0.4 is 0 Å². The molecule has 0 amide bonds. The van der Waals surface area contributed by atoms with E-state index >= 15 is 0 Å². The standard InChI is InChI=1S/C4H6O2.3C2H5.Pb/c1-3(2)4(5)6;3*1-2;/h1H2,2H3,(H,5,6);3*1H2,2H3;/q;;;;+1/p-1. The Hall–Kier alpha value is 0.132. The van der Waals surface area contributed by atoms with Gasteiger partial charge in [-0.2, -0.15) is 0 Å². The molecule has 0 fully saturated rings. The quantitative estimate of drug-likeness (QED) is 0.542. The number of carbonyl (C=O) groups excluding carboxylic acids is 1. The van der Waals surface area contributed by atoms with Crippen LogP contribution in [0.25, 0.3) is 0 Å². The van der Waals surface area contributed by atoms with Gasteiger partial charge in [-0.05, 0) is 0 Å². The SMILES string of the molecule is C=C(C)C(=O)[O][Pb]([CH2]C)([CH2]C)[CH2]C. The van der Waals surface area contributed by atoms with E-state index in [0.29, 0.717) is 5.57 Å². The minimum atomic E-state index is -2.64. The van der Waals surface area contributed by atoms with Crippen molar-refractivity contribution in [1.29, 1.82) is 0 Å². The van der Waals surface area contributed by atoms with Crippen molar-refractivity contribution in [3.8, 4) is 0 Å². The van der Waals surface area contributed by atoms with Crippen molar-refractivity contribution in [2.24, 2.45) is 0 Å². The van der Waals surface area contributed by atoms with E-state index in [1.807, 2.05) is 0 Å². The van der Waals surface area contributed by atoms with Crippen molar-refractivity contribution < 1.29 is 7.48 Å². The summed E-state index contributed by atoms with van der Waals surface area (Å²) in [6.07, 6.45) is 0. The van der Waals surface area contributed by atoms with Gasteiger partial charge in [0.25, 0.3) is 0 Å². The molecule has 0 aliphatic heterocycles. The van der Waals surface area contributed by atoms with E-state index in [1.54, 1.807) is 6.92 Å². The van der Waals surface area contributed by atoms with E-state index in [1.165, 1.54) is 0 Å². The molecule has 0 rings (SSSR count). The van der Waals surface area contributed by atoms with E-state index < -0.39 is 21.6 Å². The van der Waals surface area contributed by atoms with Gasteiger partial charge in [-0.15, -0.1) is 0 Å². The van der Waals surface area contributed by atoms with Crippen molar-refractivity contribution in [2.45, 2.75) is 39.6 Å². The topological polar surface area (TPSA) is 26.3 Å². The van der Waals surface area contributed by atoms with E-state index in [2.05, 4.69) is 27.4 Å². The molecule has 0 atom stereocenters. The third-order valence-electron chi connectivity index (χ3n) is 2.59. The van der Waals surface area contributed by atoms with Gasteiger partial charge in [-0.25, -0.2) is 0 Å². The molecular formula is C10H20O2Pb. The number of carbonyl (C=O) groups is 1. The summed E-state index contributed by atoms with van der Waals surface area (Å²) in [6.45, 7) is 11.7. The molecule has 0 bridgehead atoms. The average molecular weight is 379 g/mol. The molecule has 13 heavy (non-hydrogen) atoms. The zero-order valence-electron chi connectivity index (χ0n) is 9.14. The molecular weight excluding hydrogens is 359 g/mol. The van der Waals surface area contributed by atoms with Gasteiger partial charge < -0.3 is 0 Å². The summed E-state index contributed by atoms with van der Waals surface area (Å²) in [7, 11) is 0. The number of hydrogen-bond acceptors (Lipinski definition) is 2. The molecule has 0 aromatic carbocycles. The van der Waals surface area contributed by atoms with Gasteiger partial charge >= 0.3 is 86.9 Å². The molecule has 0 aliphatic carbocycles. The van der Waals surface area contributed by atoms with Gasteiger partial charge in [0.15, 0.2) is 0 Å². The van der Waals surface area contributed by atoms with Crippen molar-refractivity contribution in [3.63, 3.8) is 0 Å². The van der Waals surface area contributed by atoms with Gasteiger partial charge in [0.1, 0.15) is 0 Å². The van der Waals surface area contributed by atoms with Crippen LogP contribution in [0.4, 0.5) is 0 Å². The van der Waals surface area contributed by atoms with Crippen molar-refractivity contribution >= 4 is 27.6 Å². The van der Waals surface area contributed by atoms with Crippen molar-refractivity contribution in [1.82, 2.24) is 0 Å². The summed E-state index contributed by atoms with van der Waals surface area (Å²) < 4.78 is 8.88. The Morgan fingerprint density at radius 1 is 1.23 bits per heavy atom. The Morgan fingerprint density at radius 3 is 1.85 bits per heavy atom. The van der Waals surface area contributed by atoms with E-state index in [4.69, 9.17) is 2.69 Å². The summed E-state index contributed by atoms with van der Waals surface area (Å²) in [5, 5.41) is 0. The third kappa shape index (κ3) is 3.79. The van der Waals surface area contributed by atoms with Crippen LogP contribution in [-0.4, -0.2) is 27.6 Å². The molecule has 0 aromatic heterocycles. The maximum absolute atomic E-state index is 11.4. The summed E-state index contributed by atoms with van der Waals surface area (Å²) in [5.41, 5.74) is 0.528. The number of hydrogen-bond donors (Lipinski definition) is 0. The molecule has 3 heteroatoms. The van der Waals surface area contributed by atoms with Crippen LogP contribution in [0.5, 0.6) is 0 Å². The Morgan fingerprint density at radius 2 is 1.62 bits per heavy atom. The average Bonchev–Trinajstić information content (AvgIpc) is 2.14. The second-order valence-corrected chi connectivity index (χ2v) is 21.7. The monoisotopic (exact) mass is 380 g/mol. The van der Waals surface area contributed by atoms with Gasteiger partial charge in [-0.1, -0.05) is 0 Å². The normalized spacial score (nSPS) is 11.1. The van der Waals surface area contributed by atoms with Gasteiger partial charge in [-0.3, -0.25) is 0 Å². The third-order valence-corrected chi connectivity index (χ3v) is 20.0. The second-order valence-electron chi connectivity index (χ2n) is 3.41. The summed E-state index contributed by atoms with van der Waals surface area (Å²) in [4.78, 5) is 11.4. The Labute approximate surface area is 86.7 Å². The first-order valence-electron chi connectivity index (χ1n) is 4.90. The first kappa shape index (κ1) is 13.1. The van der Waals surface area contributed by atoms with Crippen molar-refractivity contribution in [2.75, 3.05) is 0 Å². The molecule has 0 heterocycles. The zero-order valence-corrected chi connectivity index (χ0v) is 13.0. The van der Waals surface area contributed by atoms with Crippen LogP contribution in [0.3, 0.4) is 0 Å². The van der Waals surface area contributed by atoms with Crippen LogP contribution in [0.2, 0.25) is 11.9 Å². The molecule has 2 nitrogen and oxygen atoms in total. The van der Waals surface area contributed by atoms with Crippen molar-refractivity contribution in [3.05, 3.63) is 12.2 Å². The van der Waals surface area contributed by atoms with Crippen LogP contribution in [0.1, 0.15) is 27.7 Å².